The number of pyridine rings is 1. The molecule has 1 amide bonds. The number of sulfonamides is 1. The van der Waals surface area contributed by atoms with Crippen LogP contribution in [0.2, 0.25) is 5.02 Å². The summed E-state index contributed by atoms with van der Waals surface area (Å²) in [6, 6.07) is 8.44. The van der Waals surface area contributed by atoms with E-state index in [9.17, 15) is 22.0 Å². The molecule has 2 aromatic carbocycles. The number of carbonyl (C=O) groups is 1. The molecule has 0 unspecified atom stereocenters. The van der Waals surface area contributed by atoms with E-state index >= 15 is 0 Å². The molecule has 3 aromatic rings. The number of amides is 1. The first-order valence-corrected chi connectivity index (χ1v) is 11.1. The van der Waals surface area contributed by atoms with Gasteiger partial charge >= 0.3 is 0 Å². The molecule has 0 saturated heterocycles. The summed E-state index contributed by atoms with van der Waals surface area (Å²) in [6.07, 6.45) is 2.16. The SMILES string of the molecule is Cc1cc(C(=O)NS(C)(=O)=O)c(F)cc1-c1cnc(Oc2cccc(C)c2F)c(Cl)c1. The number of ether oxygens (including phenoxy) is 1. The molecule has 0 aliphatic carbocycles. The van der Waals surface area contributed by atoms with Crippen molar-refractivity contribution in [1.29, 1.82) is 0 Å². The molecule has 0 aliphatic heterocycles. The predicted molar refractivity (Wildman–Crippen MR) is 113 cm³/mol. The molecule has 0 radical (unpaired) electrons. The lowest BCUT2D eigenvalue weighted by Gasteiger charge is -2.12. The highest BCUT2D eigenvalue weighted by Crippen LogP contribution is 2.34. The van der Waals surface area contributed by atoms with Gasteiger partial charge in [-0.3, -0.25) is 4.79 Å². The Labute approximate surface area is 182 Å². The van der Waals surface area contributed by atoms with E-state index in [1.807, 2.05) is 0 Å². The van der Waals surface area contributed by atoms with Crippen LogP contribution in [0.25, 0.3) is 11.1 Å². The minimum absolute atomic E-state index is 0.0304. The predicted octanol–water partition coefficient (Wildman–Crippen LogP) is 4.78. The van der Waals surface area contributed by atoms with Crippen LogP contribution in [-0.2, 0) is 10.0 Å². The van der Waals surface area contributed by atoms with Crippen LogP contribution in [0.5, 0.6) is 11.6 Å². The van der Waals surface area contributed by atoms with Crippen LogP contribution >= 0.6 is 11.6 Å². The molecular formula is C21H17ClF2N2O4S. The minimum atomic E-state index is -3.84. The number of benzene rings is 2. The first kappa shape index (κ1) is 22.6. The quantitative estimate of drug-likeness (QED) is 0.585. The second-order valence-corrected chi connectivity index (χ2v) is 9.01. The van der Waals surface area contributed by atoms with E-state index in [0.717, 1.165) is 12.3 Å². The maximum Gasteiger partial charge on any atom is 0.267 e. The molecule has 0 saturated carbocycles. The van der Waals surface area contributed by atoms with Gasteiger partial charge in [-0.25, -0.2) is 26.9 Å². The fourth-order valence-corrected chi connectivity index (χ4v) is 3.49. The van der Waals surface area contributed by atoms with Gasteiger partial charge in [0.05, 0.1) is 11.8 Å². The summed E-state index contributed by atoms with van der Waals surface area (Å²) in [4.78, 5) is 16.1. The standard InChI is InChI=1S/C21H17ClF2N2O4S/c1-11-5-4-6-18(19(11)24)30-21-16(22)8-13(10-25-21)14-9-17(23)15(7-12(14)2)20(27)26-31(3,28)29/h4-10H,1-3H3,(H,26,27). The van der Waals surface area contributed by atoms with E-state index in [1.54, 1.807) is 30.7 Å². The Morgan fingerprint density at radius 3 is 2.48 bits per heavy atom. The van der Waals surface area contributed by atoms with Crippen LogP contribution < -0.4 is 9.46 Å². The van der Waals surface area contributed by atoms with Gasteiger partial charge in [-0.2, -0.15) is 0 Å². The summed E-state index contributed by atoms with van der Waals surface area (Å²) in [6.45, 7) is 3.21. The van der Waals surface area contributed by atoms with E-state index < -0.39 is 33.1 Å². The number of aryl methyl sites for hydroxylation is 2. The Morgan fingerprint density at radius 2 is 1.84 bits per heavy atom. The average molecular weight is 467 g/mol. The van der Waals surface area contributed by atoms with Gasteiger partial charge < -0.3 is 4.74 Å². The van der Waals surface area contributed by atoms with Crippen molar-refractivity contribution in [2.75, 3.05) is 6.26 Å². The number of nitrogens with zero attached hydrogens (tertiary/aromatic N) is 1. The van der Waals surface area contributed by atoms with E-state index in [4.69, 9.17) is 16.3 Å². The van der Waals surface area contributed by atoms with Crippen LogP contribution in [0, 0.1) is 25.5 Å². The monoisotopic (exact) mass is 466 g/mol. The average Bonchev–Trinajstić information content (AvgIpc) is 2.67. The molecule has 0 aliphatic rings. The van der Waals surface area contributed by atoms with Crippen LogP contribution in [-0.4, -0.2) is 25.6 Å². The lowest BCUT2D eigenvalue weighted by atomic mass is 9.99. The minimum Gasteiger partial charge on any atom is -0.434 e. The lowest BCUT2D eigenvalue weighted by Crippen LogP contribution is -2.30. The highest BCUT2D eigenvalue weighted by molar-refractivity contribution is 7.89. The number of aromatic nitrogens is 1. The van der Waals surface area contributed by atoms with Gasteiger partial charge in [0.25, 0.3) is 5.91 Å². The molecule has 1 heterocycles. The number of hydrogen-bond acceptors (Lipinski definition) is 5. The Balaban J connectivity index is 1.93. The largest absolute Gasteiger partial charge is 0.434 e. The number of rotatable bonds is 5. The fourth-order valence-electron chi connectivity index (χ4n) is 2.84. The van der Waals surface area contributed by atoms with Gasteiger partial charge in [0.15, 0.2) is 11.6 Å². The van der Waals surface area contributed by atoms with Crippen molar-refractivity contribution in [1.82, 2.24) is 9.71 Å². The van der Waals surface area contributed by atoms with Crippen molar-refractivity contribution >= 4 is 27.5 Å². The summed E-state index contributed by atoms with van der Waals surface area (Å²) in [7, 11) is -3.84. The molecule has 31 heavy (non-hydrogen) atoms. The van der Waals surface area contributed by atoms with Crippen LogP contribution in [0.3, 0.4) is 0 Å². The van der Waals surface area contributed by atoms with E-state index in [1.165, 1.54) is 24.4 Å². The highest BCUT2D eigenvalue weighted by atomic mass is 35.5. The lowest BCUT2D eigenvalue weighted by molar-refractivity contribution is 0.0977. The van der Waals surface area contributed by atoms with E-state index in [0.29, 0.717) is 22.3 Å². The first-order chi connectivity index (χ1) is 14.5. The topological polar surface area (TPSA) is 85.4 Å². The van der Waals surface area contributed by atoms with Gasteiger partial charge in [-0.15, -0.1) is 0 Å². The zero-order valence-electron chi connectivity index (χ0n) is 16.7. The Hall–Kier alpha value is -3.04. The van der Waals surface area contributed by atoms with Crippen molar-refractivity contribution in [3.8, 4) is 22.8 Å². The highest BCUT2D eigenvalue weighted by Gasteiger charge is 2.19. The summed E-state index contributed by atoms with van der Waals surface area (Å²) in [5.41, 5.74) is 1.28. The summed E-state index contributed by atoms with van der Waals surface area (Å²) in [5, 5.41) is 0.0668. The number of carbonyl (C=O) groups excluding carboxylic acids is 1. The van der Waals surface area contributed by atoms with Gasteiger partial charge in [0.1, 0.15) is 10.8 Å². The second-order valence-electron chi connectivity index (χ2n) is 6.85. The van der Waals surface area contributed by atoms with Crippen LogP contribution in [0.15, 0.2) is 42.6 Å². The molecule has 6 nitrogen and oxygen atoms in total. The van der Waals surface area contributed by atoms with Crippen molar-refractivity contribution in [3.63, 3.8) is 0 Å². The molecule has 162 valence electrons. The Morgan fingerprint density at radius 1 is 1.13 bits per heavy atom. The van der Waals surface area contributed by atoms with Crippen molar-refractivity contribution in [2.45, 2.75) is 13.8 Å². The normalized spacial score (nSPS) is 11.3. The molecule has 1 N–H and O–H groups in total. The Bertz CT molecular complexity index is 1300. The zero-order valence-corrected chi connectivity index (χ0v) is 18.2. The smallest absolute Gasteiger partial charge is 0.267 e. The molecule has 3 rings (SSSR count). The van der Waals surface area contributed by atoms with Crippen molar-refractivity contribution < 1.29 is 26.7 Å². The van der Waals surface area contributed by atoms with Gasteiger partial charge in [-0.05, 0) is 54.8 Å². The van der Waals surface area contributed by atoms with Gasteiger partial charge in [0.2, 0.25) is 15.9 Å². The van der Waals surface area contributed by atoms with Gasteiger partial charge in [-0.1, -0.05) is 23.7 Å². The number of hydrogen-bond donors (Lipinski definition) is 1. The molecule has 0 spiro atoms. The molecule has 1 aromatic heterocycles. The van der Waals surface area contributed by atoms with Gasteiger partial charge in [0, 0.05) is 11.8 Å². The molecule has 0 atom stereocenters. The molecule has 0 bridgehead atoms. The maximum absolute atomic E-state index is 14.5. The molecule has 10 heteroatoms. The fraction of sp³-hybridized carbons (Fsp3) is 0.143. The molecule has 0 fully saturated rings. The summed E-state index contributed by atoms with van der Waals surface area (Å²) >= 11 is 6.23. The van der Waals surface area contributed by atoms with Crippen LogP contribution in [0.1, 0.15) is 21.5 Å². The first-order valence-electron chi connectivity index (χ1n) is 8.87. The van der Waals surface area contributed by atoms with Crippen molar-refractivity contribution in [2.24, 2.45) is 0 Å². The molecular weight excluding hydrogens is 450 g/mol. The van der Waals surface area contributed by atoms with Crippen molar-refractivity contribution in [3.05, 3.63) is 75.9 Å². The third kappa shape index (κ3) is 5.18. The number of halogens is 3. The maximum atomic E-state index is 14.5. The van der Waals surface area contributed by atoms with E-state index in [-0.39, 0.29) is 16.7 Å². The zero-order chi connectivity index (χ0) is 22.9. The summed E-state index contributed by atoms with van der Waals surface area (Å²) in [5.74, 6) is -2.59. The van der Waals surface area contributed by atoms with E-state index in [2.05, 4.69) is 4.98 Å². The second kappa shape index (κ2) is 8.60. The van der Waals surface area contributed by atoms with Crippen LogP contribution in [0.4, 0.5) is 8.78 Å². The Kier molecular flexibility index (Phi) is 6.28. The number of nitrogens with one attached hydrogen (secondary N) is 1. The summed E-state index contributed by atoms with van der Waals surface area (Å²) < 4.78 is 58.3. The third-order valence-corrected chi connectivity index (χ3v) is 5.15. The third-order valence-electron chi connectivity index (χ3n) is 4.32.